The Kier molecular flexibility index (Phi) is 4.93. The number of aryl methyl sites for hydroxylation is 1. The van der Waals surface area contributed by atoms with Gasteiger partial charge in [0, 0.05) is 19.2 Å². The maximum atomic E-state index is 12.7. The number of aromatic nitrogens is 4. The van der Waals surface area contributed by atoms with Crippen LogP contribution in [-0.2, 0) is 11.3 Å². The van der Waals surface area contributed by atoms with Crippen LogP contribution in [0.1, 0.15) is 18.5 Å². The molecule has 1 aliphatic heterocycles. The van der Waals surface area contributed by atoms with E-state index in [9.17, 15) is 9.59 Å². The van der Waals surface area contributed by atoms with Gasteiger partial charge in [-0.05, 0) is 43.9 Å². The number of para-hydroxylation sites is 2. The molecule has 0 bridgehead atoms. The summed E-state index contributed by atoms with van der Waals surface area (Å²) in [6, 6.07) is 10.8. The topological polar surface area (TPSA) is 94.9 Å². The van der Waals surface area contributed by atoms with E-state index in [4.69, 9.17) is 9.15 Å². The maximum absolute atomic E-state index is 12.7. The van der Waals surface area contributed by atoms with Crippen LogP contribution >= 0.6 is 0 Å². The van der Waals surface area contributed by atoms with Gasteiger partial charge in [0.2, 0.25) is 11.8 Å². The van der Waals surface area contributed by atoms with Crippen molar-refractivity contribution in [1.29, 1.82) is 0 Å². The van der Waals surface area contributed by atoms with Gasteiger partial charge in [-0.25, -0.2) is 14.3 Å². The number of fused-ring (bicyclic) bond motifs is 2. The van der Waals surface area contributed by atoms with Crippen molar-refractivity contribution in [2.45, 2.75) is 26.3 Å². The molecule has 0 saturated carbocycles. The molecule has 9 heteroatoms. The van der Waals surface area contributed by atoms with Crippen LogP contribution in [0.2, 0.25) is 0 Å². The minimum atomic E-state index is -0.504. The van der Waals surface area contributed by atoms with Gasteiger partial charge in [-0.3, -0.25) is 9.36 Å². The molecule has 1 aliphatic rings. The van der Waals surface area contributed by atoms with Gasteiger partial charge in [0.15, 0.2) is 11.2 Å². The smallest absolute Gasteiger partial charge is 0.420 e. The fourth-order valence-corrected chi connectivity index (χ4v) is 4.01. The zero-order valence-electron chi connectivity index (χ0n) is 17.2. The van der Waals surface area contributed by atoms with Gasteiger partial charge < -0.3 is 14.1 Å². The van der Waals surface area contributed by atoms with Crippen LogP contribution < -0.4 is 10.5 Å². The number of hydrogen-bond donors (Lipinski definition) is 0. The molecule has 4 heterocycles. The largest absolute Gasteiger partial charge is 0.476 e. The number of ether oxygens (including phenoxy) is 1. The molecule has 1 saturated heterocycles. The molecule has 0 unspecified atom stereocenters. The molecule has 0 radical (unpaired) electrons. The first-order valence-corrected chi connectivity index (χ1v) is 10.4. The molecule has 160 valence electrons. The van der Waals surface area contributed by atoms with Crippen molar-refractivity contribution in [2.75, 3.05) is 19.7 Å². The van der Waals surface area contributed by atoms with Crippen LogP contribution in [0.25, 0.3) is 16.7 Å². The van der Waals surface area contributed by atoms with E-state index < -0.39 is 5.76 Å². The second-order valence-corrected chi connectivity index (χ2v) is 7.91. The summed E-state index contributed by atoms with van der Waals surface area (Å²) >= 11 is 0. The number of amides is 1. The highest BCUT2D eigenvalue weighted by atomic mass is 16.5. The lowest BCUT2D eigenvalue weighted by Gasteiger charge is -2.31. The summed E-state index contributed by atoms with van der Waals surface area (Å²) in [6.45, 7) is 3.76. The van der Waals surface area contributed by atoms with Crippen LogP contribution in [0.15, 0.2) is 51.8 Å². The summed E-state index contributed by atoms with van der Waals surface area (Å²) in [7, 11) is 0. The van der Waals surface area contributed by atoms with E-state index in [0.29, 0.717) is 42.6 Å². The monoisotopic (exact) mass is 421 g/mol. The van der Waals surface area contributed by atoms with Crippen LogP contribution in [0.5, 0.6) is 5.88 Å². The predicted molar refractivity (Wildman–Crippen MR) is 113 cm³/mol. The second kappa shape index (κ2) is 7.90. The summed E-state index contributed by atoms with van der Waals surface area (Å²) in [5, 5.41) is 4.42. The highest BCUT2D eigenvalue weighted by Crippen LogP contribution is 2.20. The van der Waals surface area contributed by atoms with Crippen LogP contribution in [0.4, 0.5) is 0 Å². The van der Waals surface area contributed by atoms with Gasteiger partial charge in [0.1, 0.15) is 6.54 Å². The number of carbonyl (C=O) groups excluding carboxylic acids is 1. The molecular weight excluding hydrogens is 398 g/mol. The third-order valence-corrected chi connectivity index (χ3v) is 5.72. The zero-order chi connectivity index (χ0) is 21.4. The minimum absolute atomic E-state index is 0.00866. The molecule has 1 amide bonds. The normalized spacial score (nSPS) is 15.1. The first kappa shape index (κ1) is 19.3. The second-order valence-electron chi connectivity index (χ2n) is 7.91. The van der Waals surface area contributed by atoms with Crippen molar-refractivity contribution in [3.63, 3.8) is 0 Å². The first-order valence-electron chi connectivity index (χ1n) is 10.4. The van der Waals surface area contributed by atoms with Crippen molar-refractivity contribution < 1.29 is 13.9 Å². The Morgan fingerprint density at radius 2 is 2.00 bits per heavy atom. The molecule has 1 fully saturated rings. The van der Waals surface area contributed by atoms with Crippen molar-refractivity contribution in [1.82, 2.24) is 24.1 Å². The Morgan fingerprint density at radius 1 is 1.19 bits per heavy atom. The highest BCUT2D eigenvalue weighted by molar-refractivity contribution is 5.79. The number of likely N-dealkylation sites (tertiary alicyclic amines) is 1. The lowest BCUT2D eigenvalue weighted by Crippen LogP contribution is -2.42. The molecular formula is C22H23N5O4. The highest BCUT2D eigenvalue weighted by Gasteiger charge is 2.24. The average molecular weight is 421 g/mol. The van der Waals surface area contributed by atoms with E-state index >= 15 is 0 Å². The standard InChI is InChI=1S/C22H23N5O4/c1-15-12-27-19(23-15)6-7-20(24-27)30-14-16-8-10-25(11-9-16)21(28)13-26-17-4-2-3-5-18(17)31-22(26)29/h2-7,12,16H,8-11,13-14H2,1H3. The number of oxazole rings is 1. The third-order valence-electron chi connectivity index (χ3n) is 5.72. The number of rotatable bonds is 5. The lowest BCUT2D eigenvalue weighted by atomic mass is 9.98. The van der Waals surface area contributed by atoms with Gasteiger partial charge in [-0.15, -0.1) is 5.10 Å². The van der Waals surface area contributed by atoms with E-state index in [1.807, 2.05) is 36.2 Å². The molecule has 9 nitrogen and oxygen atoms in total. The number of carbonyl (C=O) groups is 1. The first-order chi connectivity index (χ1) is 15.1. The van der Waals surface area contributed by atoms with Crippen molar-refractivity contribution >= 4 is 22.7 Å². The zero-order valence-corrected chi connectivity index (χ0v) is 17.2. The number of hydrogen-bond acceptors (Lipinski definition) is 6. The Morgan fingerprint density at radius 3 is 2.84 bits per heavy atom. The molecule has 0 aliphatic carbocycles. The Labute approximate surface area is 177 Å². The molecule has 31 heavy (non-hydrogen) atoms. The average Bonchev–Trinajstić information content (AvgIpc) is 3.30. The molecule has 5 rings (SSSR count). The van der Waals surface area contributed by atoms with Gasteiger partial charge in [0.05, 0.1) is 24.0 Å². The van der Waals surface area contributed by atoms with Crippen molar-refractivity contribution in [3.8, 4) is 5.88 Å². The van der Waals surface area contributed by atoms with Crippen molar-refractivity contribution in [2.24, 2.45) is 5.92 Å². The summed E-state index contributed by atoms with van der Waals surface area (Å²) in [4.78, 5) is 31.0. The molecule has 0 atom stereocenters. The SMILES string of the molecule is Cc1cn2nc(OCC3CCN(C(=O)Cn4c(=O)oc5ccccc54)CC3)ccc2n1. The Hall–Kier alpha value is -3.62. The summed E-state index contributed by atoms with van der Waals surface area (Å²) in [5.41, 5.74) is 2.84. The van der Waals surface area contributed by atoms with Gasteiger partial charge in [-0.2, -0.15) is 0 Å². The number of imidazole rings is 1. The lowest BCUT2D eigenvalue weighted by molar-refractivity contribution is -0.133. The minimum Gasteiger partial charge on any atom is -0.476 e. The maximum Gasteiger partial charge on any atom is 0.420 e. The summed E-state index contributed by atoms with van der Waals surface area (Å²) in [5.74, 6) is 0.337. The van der Waals surface area contributed by atoms with E-state index in [1.165, 1.54) is 4.57 Å². The molecule has 0 spiro atoms. The van der Waals surface area contributed by atoms with Gasteiger partial charge in [0.25, 0.3) is 0 Å². The molecule has 1 aromatic carbocycles. The number of piperidine rings is 1. The fraction of sp³-hybridized carbons (Fsp3) is 0.364. The fourth-order valence-electron chi connectivity index (χ4n) is 4.01. The molecule has 3 aromatic heterocycles. The summed E-state index contributed by atoms with van der Waals surface area (Å²) < 4.78 is 14.2. The van der Waals surface area contributed by atoms with Crippen LogP contribution in [-0.4, -0.2) is 49.7 Å². The van der Waals surface area contributed by atoms with E-state index in [1.54, 1.807) is 22.7 Å². The molecule has 4 aromatic rings. The van der Waals surface area contributed by atoms with Gasteiger partial charge in [-0.1, -0.05) is 12.1 Å². The van der Waals surface area contributed by atoms with E-state index in [0.717, 1.165) is 24.2 Å². The third kappa shape index (κ3) is 3.90. The van der Waals surface area contributed by atoms with Gasteiger partial charge >= 0.3 is 5.76 Å². The predicted octanol–water partition coefficient (Wildman–Crippen LogP) is 2.26. The summed E-state index contributed by atoms with van der Waals surface area (Å²) in [6.07, 6.45) is 3.55. The van der Waals surface area contributed by atoms with E-state index in [-0.39, 0.29) is 12.5 Å². The Balaban J connectivity index is 1.15. The molecule has 0 N–H and O–H groups in total. The Bertz CT molecular complexity index is 1300. The number of benzene rings is 1. The van der Waals surface area contributed by atoms with Crippen LogP contribution in [0.3, 0.4) is 0 Å². The number of nitrogens with zero attached hydrogens (tertiary/aromatic N) is 5. The van der Waals surface area contributed by atoms with E-state index in [2.05, 4.69) is 10.1 Å². The van der Waals surface area contributed by atoms with Crippen LogP contribution in [0, 0.1) is 12.8 Å². The quantitative estimate of drug-likeness (QED) is 0.491. The van der Waals surface area contributed by atoms with Crippen molar-refractivity contribution in [3.05, 3.63) is 58.8 Å².